The van der Waals surface area contributed by atoms with E-state index in [1.165, 1.54) is 10.5 Å². The molecule has 0 bridgehead atoms. The van der Waals surface area contributed by atoms with Crippen molar-refractivity contribution >= 4 is 17.5 Å². The lowest BCUT2D eigenvalue weighted by Crippen LogP contribution is -2.10. The van der Waals surface area contributed by atoms with Gasteiger partial charge in [0, 0.05) is 22.4 Å². The van der Waals surface area contributed by atoms with Crippen molar-refractivity contribution in [3.05, 3.63) is 53.9 Å². The number of hydrogen-bond donors (Lipinski definition) is 0. The number of carbonyl (C=O) groups is 1. The summed E-state index contributed by atoms with van der Waals surface area (Å²) in [4.78, 5) is 18.0. The van der Waals surface area contributed by atoms with Crippen LogP contribution in [0.3, 0.4) is 0 Å². The first-order valence-electron chi connectivity index (χ1n) is 7.18. The molecule has 2 rings (SSSR count). The third-order valence-corrected chi connectivity index (χ3v) is 4.28. The summed E-state index contributed by atoms with van der Waals surface area (Å²) in [5.41, 5.74) is 2.05. The van der Waals surface area contributed by atoms with E-state index in [1.807, 2.05) is 13.0 Å². The smallest absolute Gasteiger partial charge is 0.180 e. The number of Topliss-reactive ketones (excluding diaryl/α,β-unsaturated/α-hetero) is 1. The van der Waals surface area contributed by atoms with Crippen LogP contribution in [0.2, 0.25) is 0 Å². The summed E-state index contributed by atoms with van der Waals surface area (Å²) in [6, 6.07) is 12.4. The van der Waals surface area contributed by atoms with E-state index in [0.29, 0.717) is 12.1 Å². The lowest BCUT2D eigenvalue weighted by molar-refractivity contribution is 0.0983. The van der Waals surface area contributed by atoms with Gasteiger partial charge >= 0.3 is 0 Å². The summed E-state index contributed by atoms with van der Waals surface area (Å²) in [5.74, 6) is 0.0843. The molecule has 0 atom stereocenters. The van der Waals surface area contributed by atoms with Crippen LogP contribution in [0.1, 0.15) is 50.2 Å². The summed E-state index contributed by atoms with van der Waals surface area (Å²) in [6.07, 6.45) is 2.26. The van der Waals surface area contributed by atoms with Crippen molar-refractivity contribution in [2.45, 2.75) is 49.3 Å². The molecule has 0 aliphatic carbocycles. The molecule has 1 aromatic heterocycles. The molecule has 2 nitrogen and oxygen atoms in total. The Morgan fingerprint density at radius 2 is 1.67 bits per heavy atom. The van der Waals surface area contributed by atoms with Crippen LogP contribution in [0.4, 0.5) is 0 Å². The average molecular weight is 299 g/mol. The molecule has 0 saturated carbocycles. The fourth-order valence-electron chi connectivity index (χ4n) is 1.95. The van der Waals surface area contributed by atoms with E-state index in [9.17, 15) is 4.79 Å². The summed E-state index contributed by atoms with van der Waals surface area (Å²) in [7, 11) is 0. The molecular weight excluding hydrogens is 278 g/mol. The second-order valence-electron chi connectivity index (χ2n) is 6.03. The van der Waals surface area contributed by atoms with Crippen molar-refractivity contribution in [2.75, 3.05) is 0 Å². The monoisotopic (exact) mass is 299 g/mol. The first-order valence-corrected chi connectivity index (χ1v) is 7.99. The number of nitrogens with zero attached hydrogens (tertiary/aromatic N) is 1. The van der Waals surface area contributed by atoms with Crippen molar-refractivity contribution in [3.8, 4) is 0 Å². The van der Waals surface area contributed by atoms with Gasteiger partial charge in [0.05, 0.1) is 0 Å². The first-order chi connectivity index (χ1) is 9.90. The predicted molar refractivity (Wildman–Crippen MR) is 88.1 cm³/mol. The second kappa shape index (κ2) is 6.44. The second-order valence-corrected chi connectivity index (χ2v) is 7.18. The Bertz CT molecular complexity index is 609. The molecule has 0 saturated heterocycles. The van der Waals surface area contributed by atoms with Gasteiger partial charge in [-0.05, 0) is 35.2 Å². The quantitative estimate of drug-likeness (QED) is 0.734. The molecule has 0 unspecified atom stereocenters. The molecule has 0 aliphatic heterocycles. The van der Waals surface area contributed by atoms with Crippen LogP contribution < -0.4 is 0 Å². The maximum absolute atomic E-state index is 11.5. The minimum Gasteiger partial charge on any atom is -0.292 e. The van der Waals surface area contributed by atoms with Gasteiger partial charge in [-0.15, -0.1) is 0 Å². The van der Waals surface area contributed by atoms with E-state index in [2.05, 4.69) is 50.0 Å². The molecule has 0 radical (unpaired) electrons. The highest BCUT2D eigenvalue weighted by Gasteiger charge is 2.13. The standard InChI is InChI=1S/C18H21NOS/c1-5-17(20)16-11-10-15(12-19-16)21-14-8-6-13(7-9-14)18(2,3)4/h6-12H,5H2,1-4H3. The average Bonchev–Trinajstić information content (AvgIpc) is 2.47. The molecule has 0 fully saturated rings. The number of carbonyl (C=O) groups excluding carboxylic acids is 1. The van der Waals surface area contributed by atoms with E-state index in [-0.39, 0.29) is 11.2 Å². The highest BCUT2D eigenvalue weighted by Crippen LogP contribution is 2.30. The molecule has 0 N–H and O–H groups in total. The fraction of sp³-hybridized carbons (Fsp3) is 0.333. The van der Waals surface area contributed by atoms with Crippen LogP contribution >= 0.6 is 11.8 Å². The van der Waals surface area contributed by atoms with Crippen molar-refractivity contribution in [1.29, 1.82) is 0 Å². The number of rotatable bonds is 4. The van der Waals surface area contributed by atoms with E-state index in [1.54, 1.807) is 24.0 Å². The zero-order valence-electron chi connectivity index (χ0n) is 13.0. The Morgan fingerprint density at radius 1 is 1.05 bits per heavy atom. The topological polar surface area (TPSA) is 30.0 Å². The van der Waals surface area contributed by atoms with Gasteiger partial charge in [-0.3, -0.25) is 9.78 Å². The van der Waals surface area contributed by atoms with Crippen LogP contribution in [0, 0.1) is 0 Å². The van der Waals surface area contributed by atoms with E-state index < -0.39 is 0 Å². The highest BCUT2D eigenvalue weighted by atomic mass is 32.2. The molecular formula is C18H21NOS. The maximum Gasteiger partial charge on any atom is 0.180 e. The maximum atomic E-state index is 11.5. The minimum absolute atomic E-state index is 0.0843. The molecule has 2 aromatic rings. The van der Waals surface area contributed by atoms with Crippen LogP contribution in [-0.4, -0.2) is 10.8 Å². The molecule has 1 aromatic carbocycles. The lowest BCUT2D eigenvalue weighted by Gasteiger charge is -2.19. The lowest BCUT2D eigenvalue weighted by atomic mass is 9.87. The van der Waals surface area contributed by atoms with Gasteiger partial charge in [0.15, 0.2) is 5.78 Å². The summed E-state index contributed by atoms with van der Waals surface area (Å²) < 4.78 is 0. The first kappa shape index (κ1) is 15.8. The Balaban J connectivity index is 2.10. The molecule has 0 spiro atoms. The van der Waals surface area contributed by atoms with Crippen LogP contribution in [-0.2, 0) is 5.41 Å². The Labute approximate surface area is 131 Å². The van der Waals surface area contributed by atoms with Crippen molar-refractivity contribution < 1.29 is 4.79 Å². The zero-order chi connectivity index (χ0) is 15.5. The number of pyridine rings is 1. The van der Waals surface area contributed by atoms with Crippen molar-refractivity contribution in [2.24, 2.45) is 0 Å². The predicted octanol–water partition coefficient (Wildman–Crippen LogP) is 5.12. The van der Waals surface area contributed by atoms with E-state index in [0.717, 1.165) is 4.90 Å². The molecule has 110 valence electrons. The third-order valence-electron chi connectivity index (χ3n) is 3.30. The van der Waals surface area contributed by atoms with Crippen LogP contribution in [0.15, 0.2) is 52.4 Å². The van der Waals surface area contributed by atoms with Crippen molar-refractivity contribution in [3.63, 3.8) is 0 Å². The summed E-state index contributed by atoms with van der Waals surface area (Å²) in [5, 5.41) is 0. The summed E-state index contributed by atoms with van der Waals surface area (Å²) in [6.45, 7) is 8.48. The largest absolute Gasteiger partial charge is 0.292 e. The molecule has 1 heterocycles. The normalized spacial score (nSPS) is 11.4. The van der Waals surface area contributed by atoms with Gasteiger partial charge in [0.25, 0.3) is 0 Å². The van der Waals surface area contributed by atoms with Gasteiger partial charge in [-0.1, -0.05) is 51.6 Å². The fourth-order valence-corrected chi connectivity index (χ4v) is 2.73. The SMILES string of the molecule is CCC(=O)c1ccc(Sc2ccc(C(C)(C)C)cc2)cn1. The van der Waals surface area contributed by atoms with Crippen LogP contribution in [0.5, 0.6) is 0 Å². The van der Waals surface area contributed by atoms with Gasteiger partial charge in [-0.2, -0.15) is 0 Å². The molecule has 0 amide bonds. The van der Waals surface area contributed by atoms with Crippen LogP contribution in [0.25, 0.3) is 0 Å². The minimum atomic E-state index is 0.0843. The highest BCUT2D eigenvalue weighted by molar-refractivity contribution is 7.99. The Morgan fingerprint density at radius 3 is 2.14 bits per heavy atom. The zero-order valence-corrected chi connectivity index (χ0v) is 13.8. The van der Waals surface area contributed by atoms with Gasteiger partial charge in [0.1, 0.15) is 5.69 Å². The van der Waals surface area contributed by atoms with E-state index >= 15 is 0 Å². The Kier molecular flexibility index (Phi) is 4.84. The van der Waals surface area contributed by atoms with Gasteiger partial charge in [-0.25, -0.2) is 0 Å². The van der Waals surface area contributed by atoms with Crippen molar-refractivity contribution in [1.82, 2.24) is 4.98 Å². The Hall–Kier alpha value is -1.61. The number of benzene rings is 1. The number of ketones is 1. The van der Waals surface area contributed by atoms with E-state index in [4.69, 9.17) is 0 Å². The van der Waals surface area contributed by atoms with Gasteiger partial charge < -0.3 is 0 Å². The number of aromatic nitrogens is 1. The molecule has 3 heteroatoms. The molecule has 0 aliphatic rings. The summed E-state index contributed by atoms with van der Waals surface area (Å²) >= 11 is 1.66. The molecule has 21 heavy (non-hydrogen) atoms. The number of hydrogen-bond acceptors (Lipinski definition) is 3. The van der Waals surface area contributed by atoms with Gasteiger partial charge in [0.2, 0.25) is 0 Å². The third kappa shape index (κ3) is 4.18.